The summed E-state index contributed by atoms with van der Waals surface area (Å²) >= 11 is 0. The number of pyridine rings is 2. The predicted molar refractivity (Wildman–Crippen MR) is 171 cm³/mol. The van der Waals surface area contributed by atoms with Gasteiger partial charge in [-0.25, -0.2) is 4.98 Å². The number of imidazole rings is 1. The van der Waals surface area contributed by atoms with Crippen molar-refractivity contribution in [2.75, 3.05) is 0 Å². The molecule has 0 amide bonds. The van der Waals surface area contributed by atoms with Gasteiger partial charge in [-0.1, -0.05) is 60.7 Å². The molecule has 2 N–H and O–H groups in total. The van der Waals surface area contributed by atoms with Gasteiger partial charge in [-0.15, -0.1) is 0 Å². The molecule has 1 aliphatic heterocycles. The minimum atomic E-state index is -0.0808. The van der Waals surface area contributed by atoms with Gasteiger partial charge in [-0.05, 0) is 72.0 Å². The Balaban J connectivity index is 1.08. The van der Waals surface area contributed by atoms with Crippen molar-refractivity contribution in [3.63, 3.8) is 0 Å². The van der Waals surface area contributed by atoms with Crippen LogP contribution in [0.4, 0.5) is 0 Å². The van der Waals surface area contributed by atoms with Gasteiger partial charge in [0.1, 0.15) is 5.82 Å². The molecule has 4 heterocycles. The molecule has 0 fully saturated rings. The number of hydrogen-bond acceptors (Lipinski definition) is 6. The summed E-state index contributed by atoms with van der Waals surface area (Å²) in [5, 5.41) is 3.68. The van der Waals surface area contributed by atoms with Crippen LogP contribution in [-0.2, 0) is 19.6 Å². The lowest BCUT2D eigenvalue weighted by atomic mass is 9.89. The molecule has 1 aliphatic carbocycles. The molecule has 0 bridgehead atoms. The summed E-state index contributed by atoms with van der Waals surface area (Å²) in [4.78, 5) is 24.9. The Kier molecular flexibility index (Phi) is 7.98. The summed E-state index contributed by atoms with van der Waals surface area (Å²) in [5.41, 5.74) is 7.83. The van der Waals surface area contributed by atoms with Crippen molar-refractivity contribution in [2.45, 2.75) is 50.6 Å². The fourth-order valence-corrected chi connectivity index (χ4v) is 6.07. The van der Waals surface area contributed by atoms with Crippen molar-refractivity contribution in [3.05, 3.63) is 149 Å². The zero-order valence-corrected chi connectivity index (χ0v) is 24.1. The van der Waals surface area contributed by atoms with E-state index < -0.39 is 0 Å². The first-order chi connectivity index (χ1) is 21.3. The van der Waals surface area contributed by atoms with Crippen molar-refractivity contribution in [1.82, 2.24) is 30.2 Å². The fourth-order valence-electron chi connectivity index (χ4n) is 6.07. The van der Waals surface area contributed by atoms with Crippen LogP contribution < -0.4 is 5.32 Å². The highest BCUT2D eigenvalue weighted by Crippen LogP contribution is 2.29. The summed E-state index contributed by atoms with van der Waals surface area (Å²) < 4.78 is 0. The third-order valence-corrected chi connectivity index (χ3v) is 8.29. The van der Waals surface area contributed by atoms with E-state index in [0.717, 1.165) is 54.2 Å². The lowest BCUT2D eigenvalue weighted by Gasteiger charge is -2.34. The largest absolute Gasteiger partial charge is 0.341 e. The van der Waals surface area contributed by atoms with E-state index in [9.17, 15) is 0 Å². The van der Waals surface area contributed by atoms with Crippen molar-refractivity contribution in [3.8, 4) is 0 Å². The van der Waals surface area contributed by atoms with Gasteiger partial charge in [0, 0.05) is 37.7 Å². The Morgan fingerprint density at radius 2 is 1.56 bits per heavy atom. The van der Waals surface area contributed by atoms with E-state index in [1.807, 2.05) is 67.1 Å². The lowest BCUT2D eigenvalue weighted by Crippen LogP contribution is -2.37. The molecule has 0 saturated heterocycles. The average Bonchev–Trinajstić information content (AvgIpc) is 3.49. The quantitative estimate of drug-likeness (QED) is 0.207. The second-order valence-electron chi connectivity index (χ2n) is 11.2. The number of nitrogens with zero attached hydrogens (tertiary/aromatic N) is 5. The van der Waals surface area contributed by atoms with Crippen LogP contribution in [0.1, 0.15) is 47.2 Å². The van der Waals surface area contributed by atoms with Crippen molar-refractivity contribution in [1.29, 1.82) is 0 Å². The van der Waals surface area contributed by atoms with E-state index in [4.69, 9.17) is 4.98 Å². The molecule has 2 atom stereocenters. The molecule has 0 spiro atoms. The van der Waals surface area contributed by atoms with Crippen LogP contribution in [0.15, 0.2) is 126 Å². The summed E-state index contributed by atoms with van der Waals surface area (Å²) in [7, 11) is 0. The molecule has 2 unspecified atom stereocenters. The fraction of sp³-hybridized carbons (Fsp3) is 0.222. The smallest absolute Gasteiger partial charge is 0.121 e. The molecular formula is C36H35N7. The average molecular weight is 566 g/mol. The molecular weight excluding hydrogens is 530 g/mol. The van der Waals surface area contributed by atoms with Gasteiger partial charge < -0.3 is 4.98 Å². The Morgan fingerprint density at radius 3 is 2.30 bits per heavy atom. The van der Waals surface area contributed by atoms with Gasteiger partial charge in [-0.2, -0.15) is 0 Å². The summed E-state index contributed by atoms with van der Waals surface area (Å²) in [6.45, 7) is 2.30. The van der Waals surface area contributed by atoms with Crippen LogP contribution in [0.25, 0.3) is 11.0 Å². The van der Waals surface area contributed by atoms with E-state index in [2.05, 4.69) is 84.8 Å². The third-order valence-electron chi connectivity index (χ3n) is 8.29. The topological polar surface area (TPSA) is 82.1 Å². The van der Waals surface area contributed by atoms with Crippen LogP contribution in [0.2, 0.25) is 0 Å². The van der Waals surface area contributed by atoms with Crippen molar-refractivity contribution in [2.24, 2.45) is 4.99 Å². The number of aromatic amines is 1. The number of nitrogens with one attached hydrogen (secondary N) is 2. The number of rotatable bonds is 10. The highest BCUT2D eigenvalue weighted by Gasteiger charge is 2.27. The number of dihydropyridines is 1. The molecule has 0 radical (unpaired) electrons. The zero-order chi connectivity index (χ0) is 28.8. The Labute approximate surface area is 252 Å². The molecule has 214 valence electrons. The molecule has 3 aromatic heterocycles. The highest BCUT2D eigenvalue weighted by molar-refractivity contribution is 5.75. The first kappa shape index (κ1) is 27.1. The molecule has 7 rings (SSSR count). The van der Waals surface area contributed by atoms with Crippen LogP contribution in [0, 0.1) is 0 Å². The van der Waals surface area contributed by atoms with Gasteiger partial charge in [0.05, 0.1) is 41.0 Å². The normalized spacial score (nSPS) is 17.9. The van der Waals surface area contributed by atoms with Gasteiger partial charge in [0.2, 0.25) is 0 Å². The number of aromatic nitrogens is 4. The minimum absolute atomic E-state index is 0.0808. The molecule has 7 nitrogen and oxygen atoms in total. The van der Waals surface area contributed by atoms with E-state index in [-0.39, 0.29) is 6.04 Å². The summed E-state index contributed by atoms with van der Waals surface area (Å²) in [5.74, 6) is 0.995. The zero-order valence-electron chi connectivity index (χ0n) is 24.1. The summed E-state index contributed by atoms with van der Waals surface area (Å²) in [6.07, 6.45) is 14.4. The maximum atomic E-state index is 4.90. The lowest BCUT2D eigenvalue weighted by molar-refractivity contribution is 0.188. The van der Waals surface area contributed by atoms with Crippen LogP contribution in [0.5, 0.6) is 0 Å². The highest BCUT2D eigenvalue weighted by atomic mass is 15.2. The predicted octanol–water partition coefficient (Wildman–Crippen LogP) is 6.33. The molecule has 2 aromatic carbocycles. The van der Waals surface area contributed by atoms with E-state index in [1.165, 1.54) is 16.7 Å². The van der Waals surface area contributed by atoms with Crippen LogP contribution in [-0.4, -0.2) is 43.1 Å². The molecule has 5 aromatic rings. The van der Waals surface area contributed by atoms with Gasteiger partial charge >= 0.3 is 0 Å². The number of H-pyrrole nitrogens is 1. The van der Waals surface area contributed by atoms with Crippen molar-refractivity contribution < 1.29 is 0 Å². The van der Waals surface area contributed by atoms with Crippen LogP contribution in [0.3, 0.4) is 0 Å². The molecule has 2 aliphatic rings. The Bertz CT molecular complexity index is 1670. The second-order valence-corrected chi connectivity index (χ2v) is 11.2. The number of benzene rings is 2. The van der Waals surface area contributed by atoms with E-state index in [1.54, 1.807) is 0 Å². The van der Waals surface area contributed by atoms with Crippen LogP contribution >= 0.6 is 0 Å². The third kappa shape index (κ3) is 6.38. The molecule has 43 heavy (non-hydrogen) atoms. The number of hydrogen-bond donors (Lipinski definition) is 2. The maximum absolute atomic E-state index is 4.90. The number of fused-ring (bicyclic) bond motifs is 2. The molecule has 7 heteroatoms. The van der Waals surface area contributed by atoms with Gasteiger partial charge in [0.25, 0.3) is 0 Å². The van der Waals surface area contributed by atoms with Crippen molar-refractivity contribution >= 4 is 17.2 Å². The first-order valence-corrected chi connectivity index (χ1v) is 15.0. The van der Waals surface area contributed by atoms with Gasteiger partial charge in [-0.3, -0.25) is 25.2 Å². The first-order valence-electron chi connectivity index (χ1n) is 15.0. The van der Waals surface area contributed by atoms with Gasteiger partial charge in [0.15, 0.2) is 0 Å². The Morgan fingerprint density at radius 1 is 0.814 bits per heavy atom. The molecule has 0 saturated carbocycles. The minimum Gasteiger partial charge on any atom is -0.341 e. The number of para-hydroxylation sites is 2. The second kappa shape index (κ2) is 12.7. The van der Waals surface area contributed by atoms with E-state index in [0.29, 0.717) is 18.6 Å². The maximum Gasteiger partial charge on any atom is 0.121 e. The number of allylic oxidation sites excluding steroid dienone is 1. The van der Waals surface area contributed by atoms with E-state index >= 15 is 0 Å². The Hall–Kier alpha value is -4.72. The monoisotopic (exact) mass is 565 g/mol. The SMILES string of the molecule is C1=CC2=CC(N(Cc3ccc(CNC(c4ccccn4)c4ccccn4)cc3)Cc3nc4ccccc4[nH]3)CCC2N=C1. The standard InChI is InChI=1S/C36H35N7/c1-2-10-32-31(9-1)41-35(42-32)25-43(29-17-18-30-28(22-29)8-7-21-37-30)24-27-15-13-26(14-16-27)23-40-36(33-11-3-5-19-38-33)34-12-4-6-20-39-34/h1-16,19-22,29-30,36,40H,17-18,23-25H2,(H,41,42). The summed E-state index contributed by atoms with van der Waals surface area (Å²) in [6, 6.07) is 29.7. The number of aliphatic imine (C=N–C) groups is 1.